The highest BCUT2D eigenvalue weighted by Crippen LogP contribution is 2.25. The number of pyridine rings is 1. The zero-order valence-corrected chi connectivity index (χ0v) is 16.1. The Hall–Kier alpha value is -3.27. The highest BCUT2D eigenvalue weighted by atomic mass is 16.1. The summed E-state index contributed by atoms with van der Waals surface area (Å²) in [6, 6.07) is 18.3. The Balaban J connectivity index is 1.54. The van der Waals surface area contributed by atoms with E-state index < -0.39 is 0 Å². The molecule has 0 amide bonds. The van der Waals surface area contributed by atoms with Crippen LogP contribution in [0.2, 0.25) is 0 Å². The molecule has 4 heteroatoms. The molecule has 0 bridgehead atoms. The summed E-state index contributed by atoms with van der Waals surface area (Å²) in [5.74, 6) is 0.258. The van der Waals surface area contributed by atoms with E-state index in [1.165, 1.54) is 11.8 Å². The van der Waals surface area contributed by atoms with Gasteiger partial charge < -0.3 is 10.7 Å². The van der Waals surface area contributed by atoms with Crippen molar-refractivity contribution in [2.75, 3.05) is 12.4 Å². The molecule has 3 rings (SSSR count). The Morgan fingerprint density at radius 2 is 1.86 bits per heavy atom. The van der Waals surface area contributed by atoms with Crippen molar-refractivity contribution in [3.8, 4) is 11.1 Å². The van der Waals surface area contributed by atoms with Gasteiger partial charge >= 0.3 is 0 Å². The van der Waals surface area contributed by atoms with Gasteiger partial charge in [-0.1, -0.05) is 36.4 Å². The molecule has 28 heavy (non-hydrogen) atoms. The van der Waals surface area contributed by atoms with Crippen molar-refractivity contribution in [3.05, 3.63) is 83.7 Å². The number of aromatic nitrogens is 1. The molecular weight excluding hydrogens is 346 g/mol. The quantitative estimate of drug-likeness (QED) is 0.525. The van der Waals surface area contributed by atoms with E-state index >= 15 is 0 Å². The number of carbonyl (C=O) groups excluding carboxylic acids is 1. The molecule has 0 radical (unpaired) electrons. The molecule has 0 saturated heterocycles. The third kappa shape index (κ3) is 5.13. The van der Waals surface area contributed by atoms with Gasteiger partial charge in [0.2, 0.25) is 0 Å². The maximum Gasteiger partial charge on any atom is 0.137 e. The molecule has 0 spiro atoms. The molecular formula is C24H25N3O. The molecule has 4 nitrogen and oxygen atoms in total. The van der Waals surface area contributed by atoms with Crippen LogP contribution in [0.4, 0.5) is 5.69 Å². The van der Waals surface area contributed by atoms with Crippen molar-refractivity contribution in [2.24, 2.45) is 0 Å². The van der Waals surface area contributed by atoms with Gasteiger partial charge in [0.15, 0.2) is 0 Å². The van der Waals surface area contributed by atoms with Crippen LogP contribution in [0.15, 0.2) is 67.0 Å². The molecule has 3 aromatic rings. The van der Waals surface area contributed by atoms with Crippen LogP contribution >= 0.6 is 0 Å². The summed E-state index contributed by atoms with van der Waals surface area (Å²) >= 11 is 0. The van der Waals surface area contributed by atoms with Crippen molar-refractivity contribution in [1.82, 2.24) is 4.98 Å². The van der Waals surface area contributed by atoms with Crippen LogP contribution in [-0.4, -0.2) is 24.0 Å². The van der Waals surface area contributed by atoms with Crippen LogP contribution in [-0.2, 0) is 17.6 Å². The van der Waals surface area contributed by atoms with Crippen LogP contribution < -0.4 is 5.32 Å². The van der Waals surface area contributed by atoms with Crippen molar-refractivity contribution >= 4 is 17.7 Å². The number of hydrogen-bond donors (Lipinski definition) is 2. The van der Waals surface area contributed by atoms with Crippen molar-refractivity contribution in [3.63, 3.8) is 0 Å². The Morgan fingerprint density at radius 3 is 2.54 bits per heavy atom. The molecule has 0 saturated carbocycles. The van der Waals surface area contributed by atoms with E-state index in [1.54, 1.807) is 12.4 Å². The van der Waals surface area contributed by atoms with E-state index in [1.807, 2.05) is 31.3 Å². The number of Topliss-reactive ketones (excluding diaryl/α,β-unsaturated/α-hetero) is 1. The number of benzene rings is 2. The zero-order valence-electron chi connectivity index (χ0n) is 16.1. The maximum absolute atomic E-state index is 12.1. The lowest BCUT2D eigenvalue weighted by Gasteiger charge is -2.09. The minimum Gasteiger partial charge on any atom is -0.388 e. The summed E-state index contributed by atoms with van der Waals surface area (Å²) in [4.78, 5) is 16.2. The fourth-order valence-electron chi connectivity index (χ4n) is 3.26. The van der Waals surface area contributed by atoms with Crippen LogP contribution in [0.3, 0.4) is 0 Å². The van der Waals surface area contributed by atoms with E-state index in [4.69, 9.17) is 5.41 Å². The molecule has 142 valence electrons. The lowest BCUT2D eigenvalue weighted by atomic mass is 9.99. The highest BCUT2D eigenvalue weighted by Gasteiger charge is 2.06. The minimum atomic E-state index is 0.258. The topological polar surface area (TPSA) is 65.8 Å². The Labute approximate surface area is 166 Å². The SMILES string of the molecule is CNc1ccc(-c2ccc(CCCC(=O)Cc3cccnc3)cc2)cc1C=N. The molecule has 0 aliphatic heterocycles. The van der Waals surface area contributed by atoms with Gasteiger partial charge in [0.25, 0.3) is 0 Å². The number of rotatable bonds is 9. The third-order valence-electron chi connectivity index (χ3n) is 4.81. The number of nitrogens with zero attached hydrogens (tertiary/aromatic N) is 1. The van der Waals surface area contributed by atoms with E-state index in [0.717, 1.165) is 40.8 Å². The fourth-order valence-corrected chi connectivity index (χ4v) is 3.26. The Morgan fingerprint density at radius 1 is 1.07 bits per heavy atom. The number of ketones is 1. The lowest BCUT2D eigenvalue weighted by Crippen LogP contribution is -2.03. The van der Waals surface area contributed by atoms with E-state index in [2.05, 4.69) is 40.6 Å². The molecule has 1 aromatic heterocycles. The van der Waals surface area contributed by atoms with Crippen LogP contribution in [0, 0.1) is 5.41 Å². The average molecular weight is 371 g/mol. The van der Waals surface area contributed by atoms with Gasteiger partial charge in [-0.15, -0.1) is 0 Å². The lowest BCUT2D eigenvalue weighted by molar-refractivity contribution is -0.118. The first-order valence-corrected chi connectivity index (χ1v) is 9.52. The average Bonchev–Trinajstić information content (AvgIpc) is 2.74. The van der Waals surface area contributed by atoms with E-state index in [-0.39, 0.29) is 5.78 Å². The summed E-state index contributed by atoms with van der Waals surface area (Å²) in [7, 11) is 1.86. The Bertz CT molecular complexity index is 934. The monoisotopic (exact) mass is 371 g/mol. The number of nitrogens with one attached hydrogen (secondary N) is 2. The molecule has 0 aliphatic carbocycles. The summed E-state index contributed by atoms with van der Waals surface area (Å²) in [5, 5.41) is 10.7. The van der Waals surface area contributed by atoms with Gasteiger partial charge in [-0.25, -0.2) is 0 Å². The first-order chi connectivity index (χ1) is 13.7. The second-order valence-corrected chi connectivity index (χ2v) is 6.82. The van der Waals surface area contributed by atoms with Crippen LogP contribution in [0.25, 0.3) is 11.1 Å². The molecule has 0 unspecified atom stereocenters. The molecule has 1 heterocycles. The molecule has 2 aromatic carbocycles. The Kier molecular flexibility index (Phi) is 6.68. The number of carbonyl (C=O) groups is 1. The highest BCUT2D eigenvalue weighted by molar-refractivity contribution is 5.88. The maximum atomic E-state index is 12.1. The summed E-state index contributed by atoms with van der Waals surface area (Å²) < 4.78 is 0. The minimum absolute atomic E-state index is 0.258. The smallest absolute Gasteiger partial charge is 0.137 e. The zero-order chi connectivity index (χ0) is 19.8. The second kappa shape index (κ2) is 9.60. The van der Waals surface area contributed by atoms with Crippen molar-refractivity contribution in [1.29, 1.82) is 5.41 Å². The van der Waals surface area contributed by atoms with Gasteiger partial charge in [-0.3, -0.25) is 9.78 Å². The third-order valence-corrected chi connectivity index (χ3v) is 4.81. The predicted molar refractivity (Wildman–Crippen MR) is 115 cm³/mol. The van der Waals surface area contributed by atoms with Crippen LogP contribution in [0.5, 0.6) is 0 Å². The predicted octanol–water partition coefficient (Wildman–Crippen LogP) is 4.92. The number of anilines is 1. The standard InChI is InChI=1S/C24H25N3O/c1-26-24-12-11-21(15-22(24)16-25)20-9-7-18(8-10-20)4-2-6-23(28)14-19-5-3-13-27-17-19/h3,5,7-13,15-17,25-26H,2,4,6,14H2,1H3. The van der Waals surface area contributed by atoms with E-state index in [9.17, 15) is 4.79 Å². The molecule has 0 atom stereocenters. The first-order valence-electron chi connectivity index (χ1n) is 9.52. The molecule has 0 aliphatic rings. The van der Waals surface area contributed by atoms with Crippen molar-refractivity contribution < 1.29 is 4.79 Å². The van der Waals surface area contributed by atoms with Gasteiger partial charge in [0, 0.05) is 49.7 Å². The van der Waals surface area contributed by atoms with Gasteiger partial charge in [0.05, 0.1) is 0 Å². The van der Waals surface area contributed by atoms with Gasteiger partial charge in [0.1, 0.15) is 5.78 Å². The van der Waals surface area contributed by atoms with Crippen LogP contribution in [0.1, 0.15) is 29.5 Å². The van der Waals surface area contributed by atoms with Gasteiger partial charge in [-0.2, -0.15) is 0 Å². The molecule has 2 N–H and O–H groups in total. The van der Waals surface area contributed by atoms with E-state index in [0.29, 0.717) is 12.8 Å². The fraction of sp³-hybridized carbons (Fsp3) is 0.208. The summed E-state index contributed by atoms with van der Waals surface area (Å²) in [5.41, 5.74) is 6.25. The summed E-state index contributed by atoms with van der Waals surface area (Å²) in [6.07, 6.45) is 7.64. The second-order valence-electron chi connectivity index (χ2n) is 6.82. The van der Waals surface area contributed by atoms with Crippen molar-refractivity contribution in [2.45, 2.75) is 25.7 Å². The first kappa shape index (κ1) is 19.5. The summed E-state index contributed by atoms with van der Waals surface area (Å²) in [6.45, 7) is 0. The normalized spacial score (nSPS) is 10.5. The number of aryl methyl sites for hydroxylation is 1. The number of hydrogen-bond acceptors (Lipinski definition) is 4. The molecule has 0 fully saturated rings. The van der Waals surface area contributed by atoms with Gasteiger partial charge in [-0.05, 0) is 53.3 Å². The largest absolute Gasteiger partial charge is 0.388 e.